The van der Waals surface area contributed by atoms with Gasteiger partial charge >= 0.3 is 5.09 Å². The minimum Gasteiger partial charge on any atom is -0.368 e. The largest absolute Gasteiger partial charge is 0.368 e. The van der Waals surface area contributed by atoms with Crippen LogP contribution in [0.3, 0.4) is 0 Å². The van der Waals surface area contributed by atoms with E-state index in [4.69, 9.17) is 11.1 Å². The summed E-state index contributed by atoms with van der Waals surface area (Å²) >= 11 is 0. The maximum Gasteiger partial charge on any atom is 0.317 e. The minimum absolute atomic E-state index is 0.173. The summed E-state index contributed by atoms with van der Waals surface area (Å²) in [5.74, 6) is -2.84. The maximum atomic E-state index is 12.8. The Morgan fingerprint density at radius 2 is 1.94 bits per heavy atom. The average molecular weight is 232 g/mol. The van der Waals surface area contributed by atoms with Crippen molar-refractivity contribution in [3.63, 3.8) is 0 Å². The lowest BCUT2D eigenvalue weighted by Crippen LogP contribution is -2.38. The lowest BCUT2D eigenvalue weighted by atomic mass is 10.3. The Balaban J connectivity index is 3.10. The number of rotatable bonds is 3. The van der Waals surface area contributed by atoms with Crippen molar-refractivity contribution >= 4 is 11.6 Å². The zero-order chi connectivity index (χ0) is 12.3. The van der Waals surface area contributed by atoms with Crippen LogP contribution in [0, 0.1) is 27.2 Å². The number of nitrogens with zero attached hydrogens (tertiary/aromatic N) is 2. The molecule has 16 heavy (non-hydrogen) atoms. The molecule has 0 spiro atoms. The van der Waals surface area contributed by atoms with Gasteiger partial charge in [-0.25, -0.2) is 8.78 Å². The predicted octanol–water partition coefficient (Wildman–Crippen LogP) is 0.788. The number of guanidine groups is 1. The molecule has 0 heterocycles. The first kappa shape index (κ1) is 11.6. The van der Waals surface area contributed by atoms with Crippen molar-refractivity contribution < 1.29 is 18.8 Å². The highest BCUT2D eigenvalue weighted by Crippen LogP contribution is 2.17. The van der Waals surface area contributed by atoms with E-state index >= 15 is 0 Å². The smallest absolute Gasteiger partial charge is 0.317 e. The van der Waals surface area contributed by atoms with Gasteiger partial charge in [0.05, 0.1) is 5.69 Å². The molecule has 1 aromatic carbocycles. The summed E-state index contributed by atoms with van der Waals surface area (Å²) in [5, 5.41) is 15.9. The Bertz CT molecular complexity index is 419. The van der Waals surface area contributed by atoms with Gasteiger partial charge in [-0.05, 0) is 12.1 Å². The highest BCUT2D eigenvalue weighted by Gasteiger charge is 2.16. The third-order valence-electron chi connectivity index (χ3n) is 1.45. The molecule has 1 aromatic rings. The predicted molar refractivity (Wildman–Crippen MR) is 48.8 cm³/mol. The molecule has 0 aliphatic heterocycles. The van der Waals surface area contributed by atoms with Gasteiger partial charge in [0.15, 0.2) is 0 Å². The second-order valence-corrected chi connectivity index (χ2v) is 2.61. The molecule has 86 valence electrons. The number of hydroxylamine groups is 1. The first-order valence-corrected chi connectivity index (χ1v) is 3.83. The van der Waals surface area contributed by atoms with Gasteiger partial charge in [-0.2, -0.15) is 4.94 Å². The molecule has 0 saturated heterocycles. The van der Waals surface area contributed by atoms with E-state index in [-0.39, 0.29) is 5.06 Å². The van der Waals surface area contributed by atoms with Crippen molar-refractivity contribution in [1.29, 1.82) is 5.41 Å². The van der Waals surface area contributed by atoms with Crippen LogP contribution in [-0.2, 0) is 4.94 Å². The fourth-order valence-corrected chi connectivity index (χ4v) is 0.953. The molecular weight excluding hydrogens is 226 g/mol. The van der Waals surface area contributed by atoms with Crippen LogP contribution in [0.25, 0.3) is 0 Å². The Labute approximate surface area is 87.6 Å². The van der Waals surface area contributed by atoms with Crippen LogP contribution in [0.1, 0.15) is 0 Å². The van der Waals surface area contributed by atoms with Gasteiger partial charge in [-0.15, -0.1) is 15.2 Å². The van der Waals surface area contributed by atoms with Crippen LogP contribution < -0.4 is 10.8 Å². The molecule has 9 heteroatoms. The number of nitrogens with two attached hydrogens (primary N) is 1. The van der Waals surface area contributed by atoms with Crippen LogP contribution in [0.2, 0.25) is 0 Å². The molecule has 0 fully saturated rings. The van der Waals surface area contributed by atoms with E-state index in [1.165, 1.54) is 0 Å². The zero-order valence-electron chi connectivity index (χ0n) is 7.68. The topological polar surface area (TPSA) is 105 Å². The van der Waals surface area contributed by atoms with E-state index in [1.54, 1.807) is 0 Å². The first-order valence-electron chi connectivity index (χ1n) is 3.83. The Kier molecular flexibility index (Phi) is 3.18. The summed E-state index contributed by atoms with van der Waals surface area (Å²) in [6.45, 7) is 0. The Morgan fingerprint density at radius 3 is 2.31 bits per heavy atom. The van der Waals surface area contributed by atoms with Gasteiger partial charge < -0.3 is 5.73 Å². The second kappa shape index (κ2) is 4.38. The number of hydrogen-bond acceptors (Lipinski definition) is 4. The minimum atomic E-state index is -1.26. The summed E-state index contributed by atoms with van der Waals surface area (Å²) in [4.78, 5) is 13.9. The van der Waals surface area contributed by atoms with Crippen molar-refractivity contribution in [1.82, 2.24) is 0 Å². The van der Waals surface area contributed by atoms with E-state index < -0.39 is 28.4 Å². The fourth-order valence-electron chi connectivity index (χ4n) is 0.953. The Hall–Kier alpha value is -2.45. The summed E-state index contributed by atoms with van der Waals surface area (Å²) in [6, 6.07) is 2.02. The summed E-state index contributed by atoms with van der Waals surface area (Å²) < 4.78 is 25.6. The van der Waals surface area contributed by atoms with E-state index in [0.29, 0.717) is 6.07 Å². The number of nitrogens with one attached hydrogen (secondary N) is 1. The third-order valence-corrected chi connectivity index (χ3v) is 1.45. The number of benzene rings is 1. The van der Waals surface area contributed by atoms with Crippen molar-refractivity contribution in [2.45, 2.75) is 0 Å². The summed E-state index contributed by atoms with van der Waals surface area (Å²) in [5.41, 5.74) is 4.55. The molecule has 3 N–H and O–H groups in total. The number of hydrogen-bond donors (Lipinski definition) is 2. The van der Waals surface area contributed by atoms with E-state index in [2.05, 4.69) is 4.94 Å². The van der Waals surface area contributed by atoms with Crippen LogP contribution in [0.15, 0.2) is 18.2 Å². The third kappa shape index (κ3) is 2.77. The standard InChI is InChI=1S/C7H6F2N4O3/c8-4-1-5(9)3-6(2-4)12(7(10)11)16-13(14)15/h1-3H,(H3,10,11). The molecule has 0 bridgehead atoms. The highest BCUT2D eigenvalue weighted by atomic mass is 19.1. The monoisotopic (exact) mass is 232 g/mol. The maximum absolute atomic E-state index is 12.8. The molecule has 0 radical (unpaired) electrons. The fraction of sp³-hybridized carbons (Fsp3) is 0. The van der Waals surface area contributed by atoms with Crippen LogP contribution in [0.5, 0.6) is 0 Å². The summed E-state index contributed by atoms with van der Waals surface area (Å²) in [7, 11) is 0. The molecule has 0 atom stereocenters. The van der Waals surface area contributed by atoms with Gasteiger partial charge in [0, 0.05) is 6.07 Å². The average Bonchev–Trinajstić information content (AvgIpc) is 2.11. The van der Waals surface area contributed by atoms with E-state index in [9.17, 15) is 18.9 Å². The lowest BCUT2D eigenvalue weighted by Gasteiger charge is -2.18. The highest BCUT2D eigenvalue weighted by molar-refractivity contribution is 5.90. The van der Waals surface area contributed by atoms with Gasteiger partial charge in [-0.3, -0.25) is 5.41 Å². The molecule has 0 aliphatic rings. The first-order chi connectivity index (χ1) is 7.40. The Morgan fingerprint density at radius 1 is 1.44 bits per heavy atom. The molecule has 0 aromatic heterocycles. The van der Waals surface area contributed by atoms with E-state index in [1.807, 2.05) is 0 Å². The van der Waals surface area contributed by atoms with Gasteiger partial charge in [-0.1, -0.05) is 0 Å². The van der Waals surface area contributed by atoms with Crippen LogP contribution in [0.4, 0.5) is 14.5 Å². The quantitative estimate of drug-likeness (QED) is 0.347. The van der Waals surface area contributed by atoms with Gasteiger partial charge in [0.1, 0.15) is 11.6 Å². The molecule has 0 saturated carbocycles. The van der Waals surface area contributed by atoms with Gasteiger partial charge in [0.2, 0.25) is 5.96 Å². The second-order valence-electron chi connectivity index (χ2n) is 2.61. The van der Waals surface area contributed by atoms with E-state index in [0.717, 1.165) is 12.1 Å². The molecular formula is C7H6F2N4O3. The molecule has 0 unspecified atom stereocenters. The molecule has 7 nitrogen and oxygen atoms in total. The van der Waals surface area contributed by atoms with Gasteiger partial charge in [0.25, 0.3) is 0 Å². The summed E-state index contributed by atoms with van der Waals surface area (Å²) in [6.07, 6.45) is 0. The lowest BCUT2D eigenvalue weighted by molar-refractivity contribution is -0.758. The van der Waals surface area contributed by atoms with Crippen molar-refractivity contribution in [3.8, 4) is 0 Å². The van der Waals surface area contributed by atoms with Crippen LogP contribution in [-0.4, -0.2) is 11.0 Å². The molecule has 0 amide bonds. The number of halogens is 2. The zero-order valence-corrected chi connectivity index (χ0v) is 7.68. The van der Waals surface area contributed by atoms with Crippen molar-refractivity contribution in [2.75, 3.05) is 5.06 Å². The number of anilines is 1. The van der Waals surface area contributed by atoms with Crippen LogP contribution >= 0.6 is 0 Å². The van der Waals surface area contributed by atoms with Crippen molar-refractivity contribution in [3.05, 3.63) is 39.9 Å². The molecule has 0 aliphatic carbocycles. The SMILES string of the molecule is N=C(N)N(O[N+](=O)[O-])c1cc(F)cc(F)c1. The van der Waals surface area contributed by atoms with Crippen molar-refractivity contribution in [2.24, 2.45) is 5.73 Å². The molecule has 1 rings (SSSR count). The normalized spacial score (nSPS) is 9.62.